The Kier molecular flexibility index (Phi) is 5.38. The van der Waals surface area contributed by atoms with Gasteiger partial charge >= 0.3 is 5.97 Å². The second-order valence-corrected chi connectivity index (χ2v) is 6.99. The van der Waals surface area contributed by atoms with Gasteiger partial charge in [-0.05, 0) is 24.6 Å². The fourth-order valence-electron chi connectivity index (χ4n) is 2.18. The molecule has 0 bridgehead atoms. The van der Waals surface area contributed by atoms with Gasteiger partial charge in [0.25, 0.3) is 15.7 Å². The molecule has 0 aromatic heterocycles. The predicted octanol–water partition coefficient (Wildman–Crippen LogP) is 2.27. The van der Waals surface area contributed by atoms with Gasteiger partial charge in [-0.25, -0.2) is 8.42 Å². The van der Waals surface area contributed by atoms with E-state index in [-0.39, 0.29) is 16.3 Å². The van der Waals surface area contributed by atoms with E-state index in [0.717, 1.165) is 17.5 Å². The van der Waals surface area contributed by atoms with Gasteiger partial charge in [-0.2, -0.15) is 0 Å². The standard InChI is InChI=1S/C16H16N2O6S/c1-12-8-9-13(18(20)21)10-15(12)17(11-16(19)24-2)25(22,23)14-6-4-3-5-7-14/h3-10H,11H2,1-2H3. The van der Waals surface area contributed by atoms with Crippen LogP contribution in [0.5, 0.6) is 0 Å². The number of carbonyl (C=O) groups excluding carboxylic acids is 1. The minimum atomic E-state index is -4.11. The largest absolute Gasteiger partial charge is 0.468 e. The quantitative estimate of drug-likeness (QED) is 0.442. The fourth-order valence-corrected chi connectivity index (χ4v) is 3.67. The molecule has 0 radical (unpaired) electrons. The molecular formula is C16H16N2O6S. The molecule has 0 spiro atoms. The molecule has 2 rings (SSSR count). The van der Waals surface area contributed by atoms with E-state index in [1.54, 1.807) is 25.1 Å². The summed E-state index contributed by atoms with van der Waals surface area (Å²) in [5.74, 6) is -0.787. The summed E-state index contributed by atoms with van der Waals surface area (Å²) in [5.41, 5.74) is 0.233. The molecule has 2 aromatic carbocycles. The van der Waals surface area contributed by atoms with Crippen molar-refractivity contribution in [1.82, 2.24) is 0 Å². The van der Waals surface area contributed by atoms with Crippen molar-refractivity contribution in [3.05, 3.63) is 64.2 Å². The van der Waals surface area contributed by atoms with Crippen molar-refractivity contribution >= 4 is 27.4 Å². The molecule has 0 aliphatic rings. The number of non-ortho nitro benzene ring substituents is 1. The fraction of sp³-hybridized carbons (Fsp3) is 0.188. The summed E-state index contributed by atoms with van der Waals surface area (Å²) in [6.07, 6.45) is 0. The zero-order valence-corrected chi connectivity index (χ0v) is 14.4. The van der Waals surface area contributed by atoms with Crippen molar-refractivity contribution in [1.29, 1.82) is 0 Å². The highest BCUT2D eigenvalue weighted by molar-refractivity contribution is 7.92. The Hall–Kier alpha value is -2.94. The number of carbonyl (C=O) groups is 1. The molecule has 132 valence electrons. The molecule has 0 saturated heterocycles. The SMILES string of the molecule is COC(=O)CN(c1cc([N+](=O)[O-])ccc1C)S(=O)(=O)c1ccccc1. The molecule has 0 fully saturated rings. The van der Waals surface area contributed by atoms with Crippen LogP contribution >= 0.6 is 0 Å². The lowest BCUT2D eigenvalue weighted by molar-refractivity contribution is -0.384. The third-order valence-electron chi connectivity index (χ3n) is 3.50. The normalized spacial score (nSPS) is 11.0. The van der Waals surface area contributed by atoms with Crippen LogP contribution in [0, 0.1) is 17.0 Å². The van der Waals surface area contributed by atoms with Crippen LogP contribution < -0.4 is 4.31 Å². The van der Waals surface area contributed by atoms with Gasteiger partial charge in [0.05, 0.1) is 22.6 Å². The molecular weight excluding hydrogens is 348 g/mol. The summed E-state index contributed by atoms with van der Waals surface area (Å²) in [6.45, 7) is 1.000. The Bertz CT molecular complexity index is 896. The highest BCUT2D eigenvalue weighted by Gasteiger charge is 2.29. The van der Waals surface area contributed by atoms with Gasteiger partial charge in [0.15, 0.2) is 0 Å². The van der Waals surface area contributed by atoms with Crippen molar-refractivity contribution in [2.75, 3.05) is 18.0 Å². The van der Waals surface area contributed by atoms with E-state index < -0.39 is 27.5 Å². The smallest absolute Gasteiger partial charge is 0.326 e. The Balaban J connectivity index is 2.64. The van der Waals surface area contributed by atoms with Gasteiger partial charge in [-0.15, -0.1) is 0 Å². The van der Waals surface area contributed by atoms with Gasteiger partial charge in [-0.1, -0.05) is 24.3 Å². The first-order valence-electron chi connectivity index (χ1n) is 7.17. The van der Waals surface area contributed by atoms with Crippen molar-refractivity contribution in [3.8, 4) is 0 Å². The average Bonchev–Trinajstić information content (AvgIpc) is 2.60. The van der Waals surface area contributed by atoms with Gasteiger partial charge in [-0.3, -0.25) is 19.2 Å². The second-order valence-electron chi connectivity index (χ2n) is 5.13. The Morgan fingerprint density at radius 2 is 1.84 bits per heavy atom. The van der Waals surface area contributed by atoms with Crippen LogP contribution in [0.3, 0.4) is 0 Å². The van der Waals surface area contributed by atoms with Gasteiger partial charge < -0.3 is 4.74 Å². The predicted molar refractivity (Wildman–Crippen MR) is 90.8 cm³/mol. The molecule has 8 nitrogen and oxygen atoms in total. The number of nitrogens with zero attached hydrogens (tertiary/aromatic N) is 2. The molecule has 2 aromatic rings. The number of anilines is 1. The number of esters is 1. The first-order chi connectivity index (χ1) is 11.8. The molecule has 0 aliphatic carbocycles. The van der Waals surface area contributed by atoms with Crippen LogP contribution in [0.25, 0.3) is 0 Å². The van der Waals surface area contributed by atoms with Gasteiger partial charge in [0.1, 0.15) is 6.54 Å². The Morgan fingerprint density at radius 1 is 1.20 bits per heavy atom. The third-order valence-corrected chi connectivity index (χ3v) is 5.28. The Labute approximate surface area is 144 Å². The second kappa shape index (κ2) is 7.31. The van der Waals surface area contributed by atoms with Gasteiger partial charge in [0.2, 0.25) is 0 Å². The topological polar surface area (TPSA) is 107 Å². The van der Waals surface area contributed by atoms with Crippen LogP contribution in [0.15, 0.2) is 53.4 Å². The lowest BCUT2D eigenvalue weighted by Crippen LogP contribution is -2.36. The minimum Gasteiger partial charge on any atom is -0.468 e. The first-order valence-corrected chi connectivity index (χ1v) is 8.61. The molecule has 0 N–H and O–H groups in total. The van der Waals surface area contributed by atoms with Crippen LogP contribution in [0.1, 0.15) is 5.56 Å². The highest BCUT2D eigenvalue weighted by Crippen LogP contribution is 2.30. The van der Waals surface area contributed by atoms with E-state index in [0.29, 0.717) is 5.56 Å². The number of ether oxygens (including phenoxy) is 1. The lowest BCUT2D eigenvalue weighted by atomic mass is 10.2. The number of benzene rings is 2. The third kappa shape index (κ3) is 3.94. The summed E-state index contributed by atoms with van der Waals surface area (Å²) in [7, 11) is -2.98. The molecule has 0 amide bonds. The summed E-state index contributed by atoms with van der Waals surface area (Å²) in [6, 6.07) is 11.3. The van der Waals surface area contributed by atoms with E-state index in [2.05, 4.69) is 4.74 Å². The number of rotatable bonds is 6. The van der Waals surface area contributed by atoms with Crippen LogP contribution in [-0.4, -0.2) is 33.0 Å². The van der Waals surface area contributed by atoms with Crippen molar-refractivity contribution in [2.24, 2.45) is 0 Å². The van der Waals surface area contributed by atoms with Crippen molar-refractivity contribution in [3.63, 3.8) is 0 Å². The summed E-state index contributed by atoms with van der Waals surface area (Å²) in [5, 5.41) is 11.0. The van der Waals surface area contributed by atoms with Gasteiger partial charge in [0, 0.05) is 12.1 Å². The Morgan fingerprint density at radius 3 is 2.40 bits per heavy atom. The molecule has 0 unspecified atom stereocenters. The zero-order chi connectivity index (χ0) is 18.6. The molecule has 25 heavy (non-hydrogen) atoms. The maximum Gasteiger partial charge on any atom is 0.326 e. The van der Waals surface area contributed by atoms with E-state index in [1.165, 1.54) is 24.3 Å². The molecule has 0 aliphatic heterocycles. The maximum absolute atomic E-state index is 13.0. The minimum absolute atomic E-state index is 0.0372. The van der Waals surface area contributed by atoms with E-state index in [1.807, 2.05) is 0 Å². The number of hydrogen-bond donors (Lipinski definition) is 0. The highest BCUT2D eigenvalue weighted by atomic mass is 32.2. The number of nitro benzene ring substituents is 1. The molecule has 0 saturated carbocycles. The number of methoxy groups -OCH3 is 1. The molecule has 0 heterocycles. The number of aryl methyl sites for hydroxylation is 1. The van der Waals surface area contributed by atoms with E-state index in [4.69, 9.17) is 0 Å². The number of hydrogen-bond acceptors (Lipinski definition) is 6. The van der Waals surface area contributed by atoms with Crippen molar-refractivity contribution in [2.45, 2.75) is 11.8 Å². The summed E-state index contributed by atoms with van der Waals surface area (Å²) in [4.78, 5) is 22.1. The maximum atomic E-state index is 13.0. The van der Waals surface area contributed by atoms with E-state index in [9.17, 15) is 23.3 Å². The lowest BCUT2D eigenvalue weighted by Gasteiger charge is -2.24. The average molecular weight is 364 g/mol. The summed E-state index contributed by atoms with van der Waals surface area (Å²) < 4.78 is 31.3. The number of nitro groups is 1. The number of sulfonamides is 1. The zero-order valence-electron chi connectivity index (χ0n) is 13.6. The molecule has 0 atom stereocenters. The van der Waals surface area contributed by atoms with Crippen LogP contribution in [0.2, 0.25) is 0 Å². The first kappa shape index (κ1) is 18.4. The monoisotopic (exact) mass is 364 g/mol. The van der Waals surface area contributed by atoms with Crippen molar-refractivity contribution < 1.29 is 22.9 Å². The van der Waals surface area contributed by atoms with Crippen LogP contribution in [0.4, 0.5) is 11.4 Å². The van der Waals surface area contributed by atoms with Crippen LogP contribution in [-0.2, 0) is 19.6 Å². The summed E-state index contributed by atoms with van der Waals surface area (Å²) >= 11 is 0. The molecule has 9 heteroatoms. The van der Waals surface area contributed by atoms with E-state index >= 15 is 0 Å².